The fourth-order valence-electron chi connectivity index (χ4n) is 3.45. The van der Waals surface area contributed by atoms with Crippen molar-refractivity contribution in [3.05, 3.63) is 30.1 Å². The number of rotatable bonds is 4. The molecule has 1 aromatic carbocycles. The molecular formula is C14H14FNO4S. The van der Waals surface area contributed by atoms with Crippen LogP contribution in [0.3, 0.4) is 0 Å². The quantitative estimate of drug-likeness (QED) is 0.777. The van der Waals surface area contributed by atoms with Crippen LogP contribution in [0, 0.1) is 23.6 Å². The Kier molecular flexibility index (Phi) is 3.22. The van der Waals surface area contributed by atoms with Crippen LogP contribution in [-0.2, 0) is 9.59 Å². The largest absolute Gasteiger partial charge is 0.481 e. The molecule has 0 saturated heterocycles. The molecular weight excluding hydrogens is 297 g/mol. The first-order valence-electron chi connectivity index (χ1n) is 6.52. The number of fused-ring (bicyclic) bond motifs is 1. The lowest BCUT2D eigenvalue weighted by molar-refractivity contribution is -0.145. The molecule has 3 rings (SSSR count). The Morgan fingerprint density at radius 2 is 2.10 bits per heavy atom. The van der Waals surface area contributed by atoms with Gasteiger partial charge in [-0.05, 0) is 30.5 Å². The summed E-state index contributed by atoms with van der Waals surface area (Å²) in [5.41, 5.74) is 4.44. The van der Waals surface area contributed by atoms with E-state index in [1.54, 1.807) is 12.1 Å². The van der Waals surface area contributed by atoms with E-state index in [4.69, 9.17) is 5.73 Å². The summed E-state index contributed by atoms with van der Waals surface area (Å²) in [5, 5.41) is 18.3. The third kappa shape index (κ3) is 2.20. The molecule has 1 aromatic rings. The topological polar surface area (TPSA) is 101 Å². The van der Waals surface area contributed by atoms with Crippen LogP contribution in [-0.4, -0.2) is 32.9 Å². The zero-order valence-corrected chi connectivity index (χ0v) is 11.7. The predicted molar refractivity (Wildman–Crippen MR) is 73.3 cm³/mol. The van der Waals surface area contributed by atoms with Crippen LogP contribution in [0.2, 0.25) is 0 Å². The normalized spacial score (nSPS) is 37.0. The van der Waals surface area contributed by atoms with Gasteiger partial charge in [0.15, 0.2) is 0 Å². The fraction of sp³-hybridized carbons (Fsp3) is 0.429. The van der Waals surface area contributed by atoms with E-state index in [0.717, 1.165) is 0 Å². The second kappa shape index (κ2) is 4.71. The van der Waals surface area contributed by atoms with E-state index in [-0.39, 0.29) is 23.4 Å². The van der Waals surface area contributed by atoms with Crippen molar-refractivity contribution in [1.82, 2.24) is 0 Å². The molecule has 5 nitrogen and oxygen atoms in total. The lowest BCUT2D eigenvalue weighted by Gasteiger charge is -2.24. The van der Waals surface area contributed by atoms with Crippen molar-refractivity contribution in [2.75, 3.05) is 0 Å². The van der Waals surface area contributed by atoms with Gasteiger partial charge in [-0.1, -0.05) is 6.07 Å². The van der Waals surface area contributed by atoms with Gasteiger partial charge in [0.25, 0.3) is 0 Å². The van der Waals surface area contributed by atoms with Crippen molar-refractivity contribution in [2.24, 2.45) is 23.5 Å². The number of aliphatic carboxylic acids is 2. The molecule has 2 saturated carbocycles. The maximum atomic E-state index is 13.2. The summed E-state index contributed by atoms with van der Waals surface area (Å²) < 4.78 is 13.2. The van der Waals surface area contributed by atoms with Crippen molar-refractivity contribution in [3.8, 4) is 0 Å². The van der Waals surface area contributed by atoms with Crippen LogP contribution >= 0.6 is 11.8 Å². The second-order valence-electron chi connectivity index (χ2n) is 5.63. The Bertz CT molecular complexity index is 625. The highest BCUT2D eigenvalue weighted by Gasteiger charge is 2.73. The third-order valence-corrected chi connectivity index (χ3v) is 5.72. The lowest BCUT2D eigenvalue weighted by Crippen LogP contribution is -2.50. The minimum Gasteiger partial charge on any atom is -0.481 e. The summed E-state index contributed by atoms with van der Waals surface area (Å²) in [4.78, 5) is 23.3. The van der Waals surface area contributed by atoms with Gasteiger partial charge in [0.2, 0.25) is 0 Å². The standard InChI is InChI=1S/C14H14FNO4S/c15-6-2-1-3-7(4-6)21-8-5-14(16,13(19)20)11-9(8)10(11)12(17)18/h1-4,8-11H,5,16H2,(H,17,18)(H,19,20). The zero-order chi connectivity index (χ0) is 15.4. The average molecular weight is 311 g/mol. The van der Waals surface area contributed by atoms with Crippen LogP contribution in [0.1, 0.15) is 6.42 Å². The fourth-order valence-corrected chi connectivity index (χ4v) is 4.99. The molecule has 2 fully saturated rings. The number of benzene rings is 1. The number of carboxylic acids is 2. The zero-order valence-electron chi connectivity index (χ0n) is 10.9. The molecule has 4 N–H and O–H groups in total. The number of carboxylic acid groups (broad SMARTS) is 2. The third-order valence-electron chi connectivity index (χ3n) is 4.41. The maximum Gasteiger partial charge on any atom is 0.324 e. The van der Waals surface area contributed by atoms with Crippen molar-refractivity contribution < 1.29 is 24.2 Å². The molecule has 2 aliphatic carbocycles. The number of hydrogen-bond donors (Lipinski definition) is 3. The van der Waals surface area contributed by atoms with E-state index >= 15 is 0 Å². The van der Waals surface area contributed by atoms with Crippen LogP contribution in [0.4, 0.5) is 4.39 Å². The number of thioether (sulfide) groups is 1. The second-order valence-corrected chi connectivity index (χ2v) is 6.94. The van der Waals surface area contributed by atoms with E-state index in [9.17, 15) is 24.2 Å². The van der Waals surface area contributed by atoms with Gasteiger partial charge in [-0.25, -0.2) is 4.39 Å². The van der Waals surface area contributed by atoms with Crippen LogP contribution in [0.25, 0.3) is 0 Å². The molecule has 7 heteroatoms. The minimum atomic E-state index is -1.50. The first-order chi connectivity index (χ1) is 9.84. The molecule has 0 aromatic heterocycles. The summed E-state index contributed by atoms with van der Waals surface area (Å²) >= 11 is 1.31. The van der Waals surface area contributed by atoms with Gasteiger partial charge in [-0.2, -0.15) is 0 Å². The molecule has 0 spiro atoms. The molecule has 0 amide bonds. The highest BCUT2D eigenvalue weighted by Crippen LogP contribution is 2.65. The summed E-state index contributed by atoms with van der Waals surface area (Å²) in [6.45, 7) is 0. The van der Waals surface area contributed by atoms with Crippen molar-refractivity contribution >= 4 is 23.7 Å². The molecule has 0 heterocycles. The van der Waals surface area contributed by atoms with Crippen molar-refractivity contribution in [3.63, 3.8) is 0 Å². The van der Waals surface area contributed by atoms with E-state index in [1.165, 1.54) is 23.9 Å². The van der Waals surface area contributed by atoms with Crippen LogP contribution < -0.4 is 5.73 Å². The van der Waals surface area contributed by atoms with E-state index in [1.807, 2.05) is 0 Å². The van der Waals surface area contributed by atoms with Gasteiger partial charge in [0.1, 0.15) is 11.4 Å². The molecule has 0 bridgehead atoms. The Morgan fingerprint density at radius 3 is 2.67 bits per heavy atom. The number of nitrogens with two attached hydrogens (primary N) is 1. The summed E-state index contributed by atoms with van der Waals surface area (Å²) in [7, 11) is 0. The van der Waals surface area contributed by atoms with Gasteiger partial charge >= 0.3 is 11.9 Å². The highest BCUT2D eigenvalue weighted by atomic mass is 32.2. The van der Waals surface area contributed by atoms with E-state index < -0.39 is 29.3 Å². The monoisotopic (exact) mass is 311 g/mol. The number of carbonyl (C=O) groups is 2. The molecule has 5 unspecified atom stereocenters. The van der Waals surface area contributed by atoms with Gasteiger partial charge in [-0.15, -0.1) is 11.8 Å². The SMILES string of the molecule is NC1(C(=O)O)CC(Sc2cccc(F)c2)C2C(C(=O)O)C21. The molecule has 2 aliphatic rings. The lowest BCUT2D eigenvalue weighted by atomic mass is 9.91. The van der Waals surface area contributed by atoms with E-state index in [0.29, 0.717) is 4.90 Å². The first kappa shape index (κ1) is 14.3. The van der Waals surface area contributed by atoms with Crippen molar-refractivity contribution in [1.29, 1.82) is 0 Å². The molecule has 5 atom stereocenters. The van der Waals surface area contributed by atoms with Gasteiger partial charge in [0.05, 0.1) is 5.92 Å². The highest BCUT2D eigenvalue weighted by molar-refractivity contribution is 8.00. The first-order valence-corrected chi connectivity index (χ1v) is 7.40. The van der Waals surface area contributed by atoms with Gasteiger partial charge in [-0.3, -0.25) is 9.59 Å². The minimum absolute atomic E-state index is 0.197. The predicted octanol–water partition coefficient (Wildman–Crippen LogP) is 1.42. The van der Waals surface area contributed by atoms with Crippen LogP contribution in [0.15, 0.2) is 29.2 Å². The average Bonchev–Trinajstić information content (AvgIpc) is 3.07. The molecule has 0 aliphatic heterocycles. The smallest absolute Gasteiger partial charge is 0.324 e. The Hall–Kier alpha value is -1.60. The van der Waals surface area contributed by atoms with Crippen LogP contribution in [0.5, 0.6) is 0 Å². The summed E-state index contributed by atoms with van der Waals surface area (Å²) in [6, 6.07) is 5.97. The van der Waals surface area contributed by atoms with Gasteiger partial charge in [0, 0.05) is 16.1 Å². The molecule has 21 heavy (non-hydrogen) atoms. The maximum absolute atomic E-state index is 13.2. The van der Waals surface area contributed by atoms with E-state index in [2.05, 4.69) is 0 Å². The summed E-state index contributed by atoms with van der Waals surface area (Å²) in [6.07, 6.45) is 0.197. The molecule has 0 radical (unpaired) electrons. The summed E-state index contributed by atoms with van der Waals surface area (Å²) in [5.74, 6) is -4.08. The molecule has 112 valence electrons. The Balaban J connectivity index is 1.84. The van der Waals surface area contributed by atoms with Gasteiger partial charge < -0.3 is 15.9 Å². The van der Waals surface area contributed by atoms with Crippen molar-refractivity contribution in [2.45, 2.75) is 22.1 Å². The Labute approximate surface area is 124 Å². The number of halogens is 1. The number of hydrogen-bond acceptors (Lipinski definition) is 4. The Morgan fingerprint density at radius 1 is 1.38 bits per heavy atom.